The third-order valence-electron chi connectivity index (χ3n) is 5.35. The number of fused-ring (bicyclic) bond motifs is 1. The summed E-state index contributed by atoms with van der Waals surface area (Å²) in [7, 11) is 3.79. The van der Waals surface area contributed by atoms with Crippen LogP contribution in [-0.4, -0.2) is 43.6 Å². The fourth-order valence-electron chi connectivity index (χ4n) is 3.99. The number of anilines is 1. The van der Waals surface area contributed by atoms with Gasteiger partial charge in [-0.25, -0.2) is 8.42 Å². The summed E-state index contributed by atoms with van der Waals surface area (Å²) in [6, 6.07) is 11.2. The number of hydrogen-bond donors (Lipinski definition) is 0. The van der Waals surface area contributed by atoms with Crippen LogP contribution in [0.3, 0.4) is 0 Å². The lowest BCUT2D eigenvalue weighted by Crippen LogP contribution is -2.27. The lowest BCUT2D eigenvalue weighted by molar-refractivity contribution is 0.464. The Labute approximate surface area is 173 Å². The quantitative estimate of drug-likeness (QED) is 0.614. The van der Waals surface area contributed by atoms with Gasteiger partial charge in [-0.1, -0.05) is 38.1 Å². The molecule has 0 amide bonds. The summed E-state index contributed by atoms with van der Waals surface area (Å²) in [5.41, 5.74) is 3.90. The molecule has 1 aromatic heterocycles. The van der Waals surface area contributed by atoms with Crippen molar-refractivity contribution in [2.45, 2.75) is 38.1 Å². The molecule has 3 rings (SSSR count). The second-order valence-corrected chi connectivity index (χ2v) is 10.0. The van der Waals surface area contributed by atoms with Gasteiger partial charge in [-0.15, -0.1) is 0 Å². The molecular formula is C22H30N4O2S. The Bertz CT molecular complexity index is 1150. The average molecular weight is 415 g/mol. The molecule has 6 nitrogen and oxygen atoms in total. The highest BCUT2D eigenvalue weighted by molar-refractivity contribution is 7.89. The topological polar surface area (TPSA) is 58.4 Å². The molecule has 0 saturated carbocycles. The largest absolute Gasteiger partial charge is 0.377 e. The molecule has 29 heavy (non-hydrogen) atoms. The van der Waals surface area contributed by atoms with E-state index in [-0.39, 0.29) is 5.92 Å². The summed E-state index contributed by atoms with van der Waals surface area (Å²) in [4.78, 5) is 2.32. The maximum Gasteiger partial charge on any atom is 0.243 e. The third-order valence-corrected chi connectivity index (χ3v) is 7.21. The smallest absolute Gasteiger partial charge is 0.243 e. The minimum absolute atomic E-state index is 0.257. The van der Waals surface area contributed by atoms with Crippen LogP contribution in [0.25, 0.3) is 10.8 Å². The highest BCUT2D eigenvalue weighted by Crippen LogP contribution is 2.32. The monoisotopic (exact) mass is 414 g/mol. The number of nitrogens with zero attached hydrogens (tertiary/aromatic N) is 4. The van der Waals surface area contributed by atoms with E-state index in [0.717, 1.165) is 33.4 Å². The average Bonchev–Trinajstić information content (AvgIpc) is 2.93. The molecular weight excluding hydrogens is 384 g/mol. The Kier molecular flexibility index (Phi) is 5.74. The number of rotatable bonds is 6. The van der Waals surface area contributed by atoms with E-state index < -0.39 is 10.0 Å². The maximum atomic E-state index is 13.5. The van der Waals surface area contributed by atoms with Gasteiger partial charge < -0.3 is 4.90 Å². The SMILES string of the molecule is Cc1nn(C)c(C(C)C)c1CN(C)S(=O)(=O)c1cccc2c(N(C)C)cccc12. The van der Waals surface area contributed by atoms with Crippen LogP contribution in [0, 0.1) is 6.92 Å². The van der Waals surface area contributed by atoms with Gasteiger partial charge in [0.2, 0.25) is 10.0 Å². The van der Waals surface area contributed by atoms with Crippen LogP contribution in [0.2, 0.25) is 0 Å². The van der Waals surface area contributed by atoms with Gasteiger partial charge in [-0.05, 0) is 25.0 Å². The zero-order valence-corrected chi connectivity index (χ0v) is 19.1. The molecule has 0 unspecified atom stereocenters. The lowest BCUT2D eigenvalue weighted by Gasteiger charge is -2.21. The van der Waals surface area contributed by atoms with Crippen LogP contribution in [0.4, 0.5) is 5.69 Å². The summed E-state index contributed by atoms with van der Waals surface area (Å²) in [6.07, 6.45) is 0. The predicted octanol–water partition coefficient (Wildman–Crippen LogP) is 3.89. The molecule has 3 aromatic rings. The van der Waals surface area contributed by atoms with E-state index in [1.165, 1.54) is 4.31 Å². The molecule has 0 aliphatic heterocycles. The molecule has 0 atom stereocenters. The van der Waals surface area contributed by atoms with Gasteiger partial charge in [0.15, 0.2) is 0 Å². The van der Waals surface area contributed by atoms with Crippen LogP contribution in [0.5, 0.6) is 0 Å². The van der Waals surface area contributed by atoms with Gasteiger partial charge in [-0.2, -0.15) is 9.40 Å². The fraction of sp³-hybridized carbons (Fsp3) is 0.409. The molecule has 7 heteroatoms. The fourth-order valence-corrected chi connectivity index (χ4v) is 5.33. The lowest BCUT2D eigenvalue weighted by atomic mass is 10.0. The van der Waals surface area contributed by atoms with Crippen molar-refractivity contribution < 1.29 is 8.42 Å². The highest BCUT2D eigenvalue weighted by atomic mass is 32.2. The van der Waals surface area contributed by atoms with Crippen molar-refractivity contribution in [2.24, 2.45) is 7.05 Å². The van der Waals surface area contributed by atoms with Gasteiger partial charge >= 0.3 is 0 Å². The second kappa shape index (κ2) is 7.80. The first-order valence-corrected chi connectivity index (χ1v) is 11.2. The molecule has 0 bridgehead atoms. The molecule has 156 valence electrons. The van der Waals surface area contributed by atoms with E-state index in [9.17, 15) is 8.42 Å². The Balaban J connectivity index is 2.08. The Morgan fingerprint density at radius 2 is 1.66 bits per heavy atom. The first-order chi connectivity index (χ1) is 13.6. The standard InChI is InChI=1S/C22H30N4O2S/c1-15(2)22-19(16(3)23-26(22)7)14-25(6)29(27,28)21-13-9-10-17-18(21)11-8-12-20(17)24(4)5/h8-13,15H,14H2,1-7H3. The Hall–Kier alpha value is -2.38. The summed E-state index contributed by atoms with van der Waals surface area (Å²) in [6.45, 7) is 6.42. The minimum Gasteiger partial charge on any atom is -0.377 e. The summed E-state index contributed by atoms with van der Waals surface area (Å²) in [5, 5.41) is 6.17. The number of aromatic nitrogens is 2. The van der Waals surface area contributed by atoms with Crippen LogP contribution < -0.4 is 4.90 Å². The maximum absolute atomic E-state index is 13.5. The molecule has 0 radical (unpaired) electrons. The zero-order chi connectivity index (χ0) is 21.5. The molecule has 2 aromatic carbocycles. The van der Waals surface area contributed by atoms with Crippen molar-refractivity contribution >= 4 is 26.5 Å². The van der Waals surface area contributed by atoms with Crippen molar-refractivity contribution in [1.29, 1.82) is 0 Å². The molecule has 0 spiro atoms. The molecule has 0 fully saturated rings. The van der Waals surface area contributed by atoms with E-state index in [0.29, 0.717) is 11.4 Å². The van der Waals surface area contributed by atoms with Crippen LogP contribution >= 0.6 is 0 Å². The number of benzene rings is 2. The molecule has 0 aliphatic rings. The van der Waals surface area contributed by atoms with Gasteiger partial charge in [-0.3, -0.25) is 4.68 Å². The highest BCUT2D eigenvalue weighted by Gasteiger charge is 2.27. The predicted molar refractivity (Wildman–Crippen MR) is 119 cm³/mol. The molecule has 0 saturated heterocycles. The van der Waals surface area contributed by atoms with Gasteiger partial charge in [0.05, 0.1) is 10.6 Å². The third kappa shape index (κ3) is 3.76. The van der Waals surface area contributed by atoms with Gasteiger partial charge in [0.1, 0.15) is 0 Å². The summed E-state index contributed by atoms with van der Waals surface area (Å²) in [5.74, 6) is 0.257. The second-order valence-electron chi connectivity index (χ2n) is 8.01. The Morgan fingerprint density at radius 1 is 1.03 bits per heavy atom. The van der Waals surface area contributed by atoms with Crippen molar-refractivity contribution in [3.05, 3.63) is 53.3 Å². The van der Waals surface area contributed by atoms with Crippen molar-refractivity contribution in [1.82, 2.24) is 14.1 Å². The Morgan fingerprint density at radius 3 is 2.28 bits per heavy atom. The first kappa shape index (κ1) is 21.3. The number of aryl methyl sites for hydroxylation is 2. The van der Waals surface area contributed by atoms with E-state index in [1.54, 1.807) is 13.1 Å². The van der Waals surface area contributed by atoms with Gasteiger partial charge in [0, 0.05) is 62.5 Å². The zero-order valence-electron chi connectivity index (χ0n) is 18.3. The number of sulfonamides is 1. The molecule has 0 N–H and O–H groups in total. The summed E-state index contributed by atoms with van der Waals surface area (Å²) < 4.78 is 30.3. The van der Waals surface area contributed by atoms with E-state index >= 15 is 0 Å². The van der Waals surface area contributed by atoms with E-state index in [1.807, 2.05) is 68.0 Å². The first-order valence-electron chi connectivity index (χ1n) is 9.73. The van der Waals surface area contributed by atoms with Crippen LogP contribution in [0.1, 0.15) is 36.7 Å². The van der Waals surface area contributed by atoms with Gasteiger partial charge in [0.25, 0.3) is 0 Å². The minimum atomic E-state index is -3.68. The van der Waals surface area contributed by atoms with Crippen molar-refractivity contribution in [3.63, 3.8) is 0 Å². The normalized spacial score (nSPS) is 12.3. The summed E-state index contributed by atoms with van der Waals surface area (Å²) >= 11 is 0. The molecule has 0 aliphatic carbocycles. The van der Waals surface area contributed by atoms with Crippen molar-refractivity contribution in [3.8, 4) is 0 Å². The van der Waals surface area contributed by atoms with E-state index in [2.05, 4.69) is 18.9 Å². The number of hydrogen-bond acceptors (Lipinski definition) is 4. The van der Waals surface area contributed by atoms with Crippen molar-refractivity contribution in [2.75, 3.05) is 26.0 Å². The molecule has 1 heterocycles. The van der Waals surface area contributed by atoms with Crippen LogP contribution in [0.15, 0.2) is 41.3 Å². The van der Waals surface area contributed by atoms with E-state index in [4.69, 9.17) is 0 Å². The van der Waals surface area contributed by atoms with Crippen LogP contribution in [-0.2, 0) is 23.6 Å².